The van der Waals surface area contributed by atoms with E-state index in [1.165, 1.54) is 0 Å². The average molecular weight is 327 g/mol. The molecule has 0 aliphatic carbocycles. The fourth-order valence-electron chi connectivity index (χ4n) is 2.79. The van der Waals surface area contributed by atoms with Crippen LogP contribution in [-0.2, 0) is 4.79 Å². The van der Waals surface area contributed by atoms with Crippen LogP contribution in [0.4, 0.5) is 0 Å². The van der Waals surface area contributed by atoms with Crippen LogP contribution in [0, 0.1) is 5.41 Å². The van der Waals surface area contributed by atoms with Gasteiger partial charge in [-0.15, -0.1) is 0 Å². The maximum Gasteiger partial charge on any atom is 0.234 e. The van der Waals surface area contributed by atoms with Crippen molar-refractivity contribution in [2.45, 2.75) is 12.8 Å². The van der Waals surface area contributed by atoms with Crippen LogP contribution in [0.25, 0.3) is 0 Å². The lowest BCUT2D eigenvalue weighted by Gasteiger charge is -2.32. The Balaban J connectivity index is 2.32. The molecule has 2 N–H and O–H groups in total. The van der Waals surface area contributed by atoms with Gasteiger partial charge in [-0.2, -0.15) is 0 Å². The second-order valence-corrected chi connectivity index (χ2v) is 6.58. The molecule has 0 heterocycles. The number of benzene rings is 2. The molecule has 0 bridgehead atoms. The lowest BCUT2D eigenvalue weighted by molar-refractivity contribution is -0.132. The summed E-state index contributed by atoms with van der Waals surface area (Å²) in [6.45, 7) is 1.69. The van der Waals surface area contributed by atoms with E-state index in [2.05, 4.69) is 0 Å². The van der Waals surface area contributed by atoms with Crippen molar-refractivity contribution in [2.75, 3.05) is 26.8 Å². The first kappa shape index (κ1) is 18.2. The van der Waals surface area contributed by atoms with Crippen molar-refractivity contribution in [2.24, 2.45) is 5.41 Å². The second kappa shape index (κ2) is 8.08. The molecule has 0 spiro atoms. The van der Waals surface area contributed by atoms with Crippen molar-refractivity contribution in [3.05, 3.63) is 71.8 Å². The molecule has 0 atom stereocenters. The van der Waals surface area contributed by atoms with E-state index in [1.807, 2.05) is 60.7 Å². The average Bonchev–Trinajstić information content (AvgIpc) is 2.63. The minimum atomic E-state index is -0.720. The second-order valence-electron chi connectivity index (χ2n) is 6.58. The van der Waals surface area contributed by atoms with Crippen molar-refractivity contribution in [3.63, 3.8) is 0 Å². The Morgan fingerprint density at radius 2 is 1.38 bits per heavy atom. The van der Waals surface area contributed by atoms with Crippen LogP contribution in [0.2, 0.25) is 0 Å². The Kier molecular flexibility index (Phi) is 6.12. The molecule has 0 radical (unpaired) electrons. The highest BCUT2D eigenvalue weighted by Gasteiger charge is 2.31. The topological polar surface area (TPSA) is 60.8 Å². The normalized spacial score (nSPS) is 11.5. The number of aliphatic hydroxyl groups is 2. The standard InChI is InChI=1S/C20H25NO3/c1-20(14-22,15-23)13-21(2)19(24)18(16-9-5-3-6-10-16)17-11-7-4-8-12-17/h3-12,18,22-23H,13-15H2,1-2H3. The fourth-order valence-corrected chi connectivity index (χ4v) is 2.79. The Morgan fingerprint density at radius 1 is 0.958 bits per heavy atom. The molecule has 2 rings (SSSR count). The van der Waals surface area contributed by atoms with Gasteiger partial charge >= 0.3 is 0 Å². The quantitative estimate of drug-likeness (QED) is 0.820. The molecule has 0 fully saturated rings. The molecular weight excluding hydrogens is 302 g/mol. The van der Waals surface area contributed by atoms with Gasteiger partial charge in [-0.25, -0.2) is 0 Å². The summed E-state index contributed by atoms with van der Waals surface area (Å²) < 4.78 is 0. The van der Waals surface area contributed by atoms with Gasteiger partial charge in [0.1, 0.15) is 0 Å². The highest BCUT2D eigenvalue weighted by atomic mass is 16.3. The summed E-state index contributed by atoms with van der Waals surface area (Å²) in [5, 5.41) is 19.0. The summed E-state index contributed by atoms with van der Waals surface area (Å²) in [5.41, 5.74) is 1.13. The molecule has 2 aromatic rings. The van der Waals surface area contributed by atoms with Gasteiger partial charge < -0.3 is 15.1 Å². The minimum absolute atomic E-state index is 0.0551. The molecule has 0 aromatic heterocycles. The lowest BCUT2D eigenvalue weighted by atomic mass is 9.88. The zero-order chi connectivity index (χ0) is 17.6. The van der Waals surface area contributed by atoms with Crippen LogP contribution in [0.15, 0.2) is 60.7 Å². The Morgan fingerprint density at radius 3 is 1.75 bits per heavy atom. The summed E-state index contributed by atoms with van der Waals surface area (Å²) in [7, 11) is 1.71. The van der Waals surface area contributed by atoms with Crippen LogP contribution in [0.1, 0.15) is 24.0 Å². The molecule has 0 aliphatic rings. The zero-order valence-corrected chi connectivity index (χ0v) is 14.2. The number of nitrogens with zero attached hydrogens (tertiary/aromatic N) is 1. The smallest absolute Gasteiger partial charge is 0.234 e. The van der Waals surface area contributed by atoms with E-state index >= 15 is 0 Å². The molecule has 0 saturated heterocycles. The summed E-state index contributed by atoms with van der Waals surface area (Å²) in [4.78, 5) is 14.7. The van der Waals surface area contributed by atoms with Gasteiger partial charge in [-0.1, -0.05) is 67.6 Å². The third kappa shape index (κ3) is 4.22. The molecular formula is C20H25NO3. The molecule has 0 unspecified atom stereocenters. The molecule has 24 heavy (non-hydrogen) atoms. The predicted molar refractivity (Wildman–Crippen MR) is 94.6 cm³/mol. The number of likely N-dealkylation sites (N-methyl/N-ethyl adjacent to an activating group) is 1. The maximum atomic E-state index is 13.1. The minimum Gasteiger partial charge on any atom is -0.396 e. The third-order valence-corrected chi connectivity index (χ3v) is 4.27. The summed E-state index contributed by atoms with van der Waals surface area (Å²) in [5.74, 6) is -0.459. The summed E-state index contributed by atoms with van der Waals surface area (Å²) in [6.07, 6.45) is 0. The number of hydrogen-bond donors (Lipinski definition) is 2. The Hall–Kier alpha value is -2.17. The fraction of sp³-hybridized carbons (Fsp3) is 0.350. The van der Waals surface area contributed by atoms with Crippen LogP contribution >= 0.6 is 0 Å². The monoisotopic (exact) mass is 327 g/mol. The zero-order valence-electron chi connectivity index (χ0n) is 14.2. The van der Waals surface area contributed by atoms with Gasteiger partial charge in [-0.3, -0.25) is 4.79 Å². The lowest BCUT2D eigenvalue weighted by Crippen LogP contribution is -2.43. The van der Waals surface area contributed by atoms with Gasteiger partial charge in [0.25, 0.3) is 0 Å². The Bertz CT molecular complexity index is 599. The van der Waals surface area contributed by atoms with E-state index in [0.29, 0.717) is 0 Å². The van der Waals surface area contributed by atoms with Crippen molar-refractivity contribution < 1.29 is 15.0 Å². The first-order valence-corrected chi connectivity index (χ1v) is 8.07. The van der Waals surface area contributed by atoms with Crippen molar-refractivity contribution in [1.29, 1.82) is 0 Å². The number of carbonyl (C=O) groups excluding carboxylic acids is 1. The van der Waals surface area contributed by atoms with Gasteiger partial charge in [-0.05, 0) is 11.1 Å². The molecule has 4 heteroatoms. The summed E-state index contributed by atoms with van der Waals surface area (Å²) >= 11 is 0. The highest BCUT2D eigenvalue weighted by molar-refractivity contribution is 5.87. The number of aliphatic hydroxyl groups excluding tert-OH is 2. The number of rotatable bonds is 7. The first-order chi connectivity index (χ1) is 11.5. The van der Waals surface area contributed by atoms with E-state index in [1.54, 1.807) is 18.9 Å². The van der Waals surface area contributed by atoms with E-state index in [4.69, 9.17) is 0 Å². The van der Waals surface area contributed by atoms with Gasteiger partial charge in [0.05, 0.1) is 19.1 Å². The summed E-state index contributed by atoms with van der Waals surface area (Å²) in [6, 6.07) is 19.3. The van der Waals surface area contributed by atoms with Crippen molar-refractivity contribution in [3.8, 4) is 0 Å². The Labute approximate surface area is 143 Å². The third-order valence-electron chi connectivity index (χ3n) is 4.27. The largest absolute Gasteiger partial charge is 0.396 e. The molecule has 2 aromatic carbocycles. The highest BCUT2D eigenvalue weighted by Crippen LogP contribution is 2.27. The molecule has 0 aliphatic heterocycles. The molecule has 0 saturated carbocycles. The van der Waals surface area contributed by atoms with Gasteiger partial charge in [0.2, 0.25) is 5.91 Å². The van der Waals surface area contributed by atoms with Crippen molar-refractivity contribution >= 4 is 5.91 Å². The van der Waals surface area contributed by atoms with E-state index < -0.39 is 11.3 Å². The molecule has 1 amide bonds. The van der Waals surface area contributed by atoms with Crippen molar-refractivity contribution in [1.82, 2.24) is 4.90 Å². The number of hydrogen-bond acceptors (Lipinski definition) is 3. The van der Waals surface area contributed by atoms with E-state index in [0.717, 1.165) is 11.1 Å². The molecule has 4 nitrogen and oxygen atoms in total. The predicted octanol–water partition coefficient (Wildman–Crippen LogP) is 2.27. The van der Waals surface area contributed by atoms with Crippen LogP contribution in [-0.4, -0.2) is 47.8 Å². The van der Waals surface area contributed by atoms with Gasteiger partial charge in [0, 0.05) is 19.0 Å². The molecule has 128 valence electrons. The van der Waals surface area contributed by atoms with Crippen LogP contribution < -0.4 is 0 Å². The number of carbonyl (C=O) groups is 1. The van der Waals surface area contributed by atoms with Crippen LogP contribution in [0.3, 0.4) is 0 Å². The van der Waals surface area contributed by atoms with E-state index in [9.17, 15) is 15.0 Å². The number of amides is 1. The van der Waals surface area contributed by atoms with Crippen LogP contribution in [0.5, 0.6) is 0 Å². The maximum absolute atomic E-state index is 13.1. The first-order valence-electron chi connectivity index (χ1n) is 8.07. The van der Waals surface area contributed by atoms with E-state index in [-0.39, 0.29) is 25.7 Å². The van der Waals surface area contributed by atoms with Gasteiger partial charge in [0.15, 0.2) is 0 Å². The SMILES string of the molecule is CN(CC(C)(CO)CO)C(=O)C(c1ccccc1)c1ccccc1.